The van der Waals surface area contributed by atoms with Gasteiger partial charge in [0.2, 0.25) is 0 Å². The molecule has 0 radical (unpaired) electrons. The van der Waals surface area contributed by atoms with Crippen molar-refractivity contribution in [2.45, 2.75) is 13.5 Å². The average Bonchev–Trinajstić information content (AvgIpc) is 2.90. The van der Waals surface area contributed by atoms with Crippen LogP contribution in [0.15, 0.2) is 71.0 Å². The van der Waals surface area contributed by atoms with E-state index in [1.165, 1.54) is 5.56 Å². The first kappa shape index (κ1) is 14.9. The van der Waals surface area contributed by atoms with Gasteiger partial charge in [-0.1, -0.05) is 48.5 Å². The predicted molar refractivity (Wildman–Crippen MR) is 97.8 cm³/mol. The Balaban J connectivity index is 1.92. The molecular formula is C18H16N2S2. The highest BCUT2D eigenvalue weighted by Crippen LogP contribution is 2.24. The smallest absolute Gasteiger partial charge is 0.161 e. The quantitative estimate of drug-likeness (QED) is 0.442. The fraction of sp³-hybridized carbons (Fsp3) is 0.111. The predicted octanol–water partition coefficient (Wildman–Crippen LogP) is 5.74. The van der Waals surface area contributed by atoms with Crippen molar-refractivity contribution in [1.29, 1.82) is 0 Å². The number of hydrogen-bond donors (Lipinski definition) is 0. The summed E-state index contributed by atoms with van der Waals surface area (Å²) in [5, 5.41) is 2.12. The van der Waals surface area contributed by atoms with Crippen LogP contribution < -0.4 is 0 Å². The number of rotatable bonds is 4. The fourth-order valence-corrected chi connectivity index (χ4v) is 3.37. The Morgan fingerprint density at radius 1 is 1.05 bits per heavy atom. The van der Waals surface area contributed by atoms with Gasteiger partial charge in [0.15, 0.2) is 3.95 Å². The lowest BCUT2D eigenvalue weighted by atomic mass is 10.2. The summed E-state index contributed by atoms with van der Waals surface area (Å²) >= 11 is 7.08. The Bertz CT molecular complexity index is 830. The lowest BCUT2D eigenvalue weighted by Crippen LogP contribution is -2.07. The number of aliphatic imine (C=N–C) groups is 1. The largest absolute Gasteiger partial charge is 0.317 e. The molecule has 4 heteroatoms. The second kappa shape index (κ2) is 6.81. The molecule has 110 valence electrons. The third kappa shape index (κ3) is 3.40. The molecule has 0 aliphatic heterocycles. The van der Waals surface area contributed by atoms with Gasteiger partial charge in [0.25, 0.3) is 0 Å². The minimum Gasteiger partial charge on any atom is -0.317 e. The molecule has 2 nitrogen and oxygen atoms in total. The van der Waals surface area contributed by atoms with Gasteiger partial charge in [0, 0.05) is 11.1 Å². The van der Waals surface area contributed by atoms with E-state index in [9.17, 15) is 0 Å². The highest BCUT2D eigenvalue weighted by molar-refractivity contribution is 7.73. The maximum absolute atomic E-state index is 5.48. The van der Waals surface area contributed by atoms with Crippen LogP contribution in [-0.4, -0.2) is 10.3 Å². The molecule has 0 fully saturated rings. The maximum Gasteiger partial charge on any atom is 0.161 e. The zero-order valence-corrected chi connectivity index (χ0v) is 13.9. The van der Waals surface area contributed by atoms with Gasteiger partial charge in [-0.05, 0) is 36.8 Å². The maximum atomic E-state index is 5.48. The Hall–Kier alpha value is -2.04. The molecule has 1 heterocycles. The zero-order valence-electron chi connectivity index (χ0n) is 12.3. The summed E-state index contributed by atoms with van der Waals surface area (Å²) in [6.45, 7) is 2.75. The Kier molecular flexibility index (Phi) is 4.61. The summed E-state index contributed by atoms with van der Waals surface area (Å²) in [4.78, 5) is 4.66. The lowest BCUT2D eigenvalue weighted by molar-refractivity contribution is 0.860. The molecule has 1 aromatic heterocycles. The number of aromatic nitrogens is 1. The molecule has 0 amide bonds. The lowest BCUT2D eigenvalue weighted by Gasteiger charge is -2.09. The van der Waals surface area contributed by atoms with Crippen LogP contribution in [0.5, 0.6) is 0 Å². The van der Waals surface area contributed by atoms with Crippen LogP contribution in [0.1, 0.15) is 6.92 Å². The molecule has 0 spiro atoms. The summed E-state index contributed by atoms with van der Waals surface area (Å²) in [6.07, 6.45) is 0. The van der Waals surface area contributed by atoms with E-state index in [0.717, 1.165) is 21.0 Å². The van der Waals surface area contributed by atoms with E-state index in [4.69, 9.17) is 12.2 Å². The van der Waals surface area contributed by atoms with Crippen molar-refractivity contribution < 1.29 is 0 Å². The van der Waals surface area contributed by atoms with Crippen LogP contribution >= 0.6 is 23.6 Å². The number of thiazole rings is 1. The highest BCUT2D eigenvalue weighted by Gasteiger charge is 2.07. The molecular weight excluding hydrogens is 308 g/mol. The normalized spacial score (nSPS) is 11.6. The van der Waals surface area contributed by atoms with Crippen molar-refractivity contribution in [3.63, 3.8) is 0 Å². The van der Waals surface area contributed by atoms with Gasteiger partial charge in [-0.15, -0.1) is 11.3 Å². The van der Waals surface area contributed by atoms with E-state index in [0.29, 0.717) is 6.54 Å². The van der Waals surface area contributed by atoms with Gasteiger partial charge in [0.1, 0.15) is 0 Å². The molecule has 3 aromatic rings. The van der Waals surface area contributed by atoms with Crippen LogP contribution in [0.3, 0.4) is 0 Å². The average molecular weight is 324 g/mol. The van der Waals surface area contributed by atoms with Crippen LogP contribution in [0, 0.1) is 3.95 Å². The second-order valence-electron chi connectivity index (χ2n) is 5.02. The molecule has 0 unspecified atom stereocenters. The van der Waals surface area contributed by atoms with Crippen LogP contribution in [-0.2, 0) is 6.54 Å². The number of para-hydroxylation sites is 1. The molecule has 0 aliphatic rings. The third-order valence-electron chi connectivity index (χ3n) is 3.32. The Morgan fingerprint density at radius 2 is 1.68 bits per heavy atom. The molecule has 0 saturated heterocycles. The Morgan fingerprint density at radius 3 is 2.36 bits per heavy atom. The summed E-state index contributed by atoms with van der Waals surface area (Å²) < 4.78 is 3.03. The van der Waals surface area contributed by atoms with Gasteiger partial charge in [0.05, 0.1) is 17.9 Å². The molecule has 2 aromatic carbocycles. The second-order valence-corrected chi connectivity index (χ2v) is 6.52. The molecule has 3 rings (SSSR count). The molecule has 22 heavy (non-hydrogen) atoms. The first-order valence-electron chi connectivity index (χ1n) is 7.07. The van der Waals surface area contributed by atoms with E-state index in [1.807, 2.05) is 55.5 Å². The minimum atomic E-state index is 0.710. The van der Waals surface area contributed by atoms with Crippen LogP contribution in [0.4, 0.5) is 5.69 Å². The van der Waals surface area contributed by atoms with E-state index < -0.39 is 0 Å². The minimum absolute atomic E-state index is 0.710. The molecule has 0 aliphatic carbocycles. The van der Waals surface area contributed by atoms with Gasteiger partial charge < -0.3 is 4.57 Å². The molecule has 0 saturated carbocycles. The van der Waals surface area contributed by atoms with Crippen molar-refractivity contribution in [3.05, 3.63) is 70.0 Å². The van der Waals surface area contributed by atoms with Gasteiger partial charge in [-0.2, -0.15) is 0 Å². The van der Waals surface area contributed by atoms with Crippen molar-refractivity contribution >= 4 is 35.0 Å². The monoisotopic (exact) mass is 324 g/mol. The summed E-state index contributed by atoms with van der Waals surface area (Å²) in [6, 6.07) is 20.3. The Labute approximate surface area is 139 Å². The summed E-state index contributed by atoms with van der Waals surface area (Å²) in [7, 11) is 0. The van der Waals surface area contributed by atoms with E-state index in [2.05, 4.69) is 27.1 Å². The van der Waals surface area contributed by atoms with Crippen molar-refractivity contribution in [1.82, 2.24) is 4.57 Å². The van der Waals surface area contributed by atoms with Gasteiger partial charge in [-0.25, -0.2) is 0 Å². The molecule has 0 N–H and O–H groups in total. The zero-order chi connectivity index (χ0) is 15.4. The van der Waals surface area contributed by atoms with Crippen molar-refractivity contribution in [2.24, 2.45) is 4.99 Å². The summed E-state index contributed by atoms with van der Waals surface area (Å²) in [5.41, 5.74) is 4.35. The summed E-state index contributed by atoms with van der Waals surface area (Å²) in [5.74, 6) is 0. The van der Waals surface area contributed by atoms with Gasteiger partial charge in [-0.3, -0.25) is 4.99 Å². The standard InChI is InChI=1S/C18H16N2S2/c1-14(19-16-10-6-3-7-11-16)12-20-17(13-22-18(20)21)15-8-4-2-5-9-15/h2-11,13H,12H2,1H3/b19-14+. The van der Waals surface area contributed by atoms with Crippen LogP contribution in [0.25, 0.3) is 11.3 Å². The van der Waals surface area contributed by atoms with Crippen molar-refractivity contribution in [3.8, 4) is 11.3 Å². The van der Waals surface area contributed by atoms with E-state index in [1.54, 1.807) is 11.3 Å². The van der Waals surface area contributed by atoms with E-state index in [-0.39, 0.29) is 0 Å². The third-order valence-corrected chi connectivity index (χ3v) is 4.59. The molecule has 0 bridgehead atoms. The van der Waals surface area contributed by atoms with Crippen molar-refractivity contribution in [2.75, 3.05) is 0 Å². The number of nitrogens with zero attached hydrogens (tertiary/aromatic N) is 2. The first-order valence-corrected chi connectivity index (χ1v) is 8.36. The number of hydrogen-bond acceptors (Lipinski definition) is 3. The SMILES string of the molecule is C/C(Cn1c(-c2ccccc2)csc1=S)=N\c1ccccc1. The first-order chi connectivity index (χ1) is 10.7. The van der Waals surface area contributed by atoms with E-state index >= 15 is 0 Å². The highest BCUT2D eigenvalue weighted by atomic mass is 32.1. The molecule has 0 atom stereocenters. The topological polar surface area (TPSA) is 17.3 Å². The number of benzene rings is 2. The van der Waals surface area contributed by atoms with Gasteiger partial charge >= 0.3 is 0 Å². The van der Waals surface area contributed by atoms with Crippen LogP contribution in [0.2, 0.25) is 0 Å². The fourth-order valence-electron chi connectivity index (χ4n) is 2.30.